The van der Waals surface area contributed by atoms with Gasteiger partial charge >= 0.3 is 0 Å². The molecule has 0 saturated heterocycles. The predicted octanol–water partition coefficient (Wildman–Crippen LogP) is 2.71. The van der Waals surface area contributed by atoms with Crippen LogP contribution in [-0.4, -0.2) is 27.0 Å². The van der Waals surface area contributed by atoms with E-state index in [1.54, 1.807) is 12.4 Å². The third-order valence-electron chi connectivity index (χ3n) is 2.63. The molecule has 0 amide bonds. The van der Waals surface area contributed by atoms with Crippen LogP contribution in [0.4, 0.5) is 5.82 Å². The molecule has 0 bridgehead atoms. The molecule has 0 spiro atoms. The van der Waals surface area contributed by atoms with E-state index in [0.717, 1.165) is 16.9 Å². The number of rotatable bonds is 2. The van der Waals surface area contributed by atoms with Crippen LogP contribution in [0, 0.1) is 0 Å². The summed E-state index contributed by atoms with van der Waals surface area (Å²) in [7, 11) is 1.82. The van der Waals surface area contributed by atoms with Gasteiger partial charge in [0, 0.05) is 25.0 Å². The zero-order chi connectivity index (χ0) is 12.5. The van der Waals surface area contributed by atoms with Crippen LogP contribution < -0.4 is 5.32 Å². The van der Waals surface area contributed by atoms with Gasteiger partial charge in [0.25, 0.3) is 0 Å². The topological polar surface area (TPSA) is 66.5 Å². The summed E-state index contributed by atoms with van der Waals surface area (Å²) in [6.07, 6.45) is 3.28. The van der Waals surface area contributed by atoms with E-state index < -0.39 is 0 Å². The van der Waals surface area contributed by atoms with Crippen molar-refractivity contribution in [3.8, 4) is 11.4 Å². The molecule has 0 aliphatic carbocycles. The highest BCUT2D eigenvalue weighted by atomic mass is 35.5. The molecule has 3 heterocycles. The van der Waals surface area contributed by atoms with Crippen LogP contribution in [0.3, 0.4) is 0 Å². The zero-order valence-electron chi connectivity index (χ0n) is 9.61. The van der Waals surface area contributed by atoms with E-state index in [-0.39, 0.29) is 0 Å². The lowest BCUT2D eigenvalue weighted by Gasteiger charge is -1.97. The van der Waals surface area contributed by atoms with Gasteiger partial charge in [0.05, 0.1) is 10.5 Å². The third-order valence-corrected chi connectivity index (χ3v) is 2.93. The van der Waals surface area contributed by atoms with Crippen molar-refractivity contribution in [2.24, 2.45) is 0 Å². The summed E-state index contributed by atoms with van der Waals surface area (Å²) in [5.74, 6) is 1.47. The van der Waals surface area contributed by atoms with Crippen LogP contribution >= 0.6 is 11.6 Å². The van der Waals surface area contributed by atoms with Gasteiger partial charge in [0.2, 0.25) is 0 Å². The summed E-state index contributed by atoms with van der Waals surface area (Å²) >= 11 is 6.09. The number of imidazole rings is 1. The quantitative estimate of drug-likeness (QED) is 0.743. The number of anilines is 1. The number of aromatic nitrogens is 4. The molecule has 0 aliphatic rings. The van der Waals surface area contributed by atoms with Gasteiger partial charge in [-0.15, -0.1) is 0 Å². The van der Waals surface area contributed by atoms with E-state index in [1.165, 1.54) is 0 Å². The summed E-state index contributed by atoms with van der Waals surface area (Å²) in [4.78, 5) is 15.9. The molecule has 3 aromatic rings. The maximum Gasteiger partial charge on any atom is 0.180 e. The second-order valence-electron chi connectivity index (χ2n) is 3.76. The zero-order valence-corrected chi connectivity index (χ0v) is 10.4. The van der Waals surface area contributed by atoms with Crippen molar-refractivity contribution in [2.45, 2.75) is 0 Å². The highest BCUT2D eigenvalue weighted by Gasteiger charge is 2.09. The summed E-state index contributed by atoms with van der Waals surface area (Å²) < 4.78 is 0. The highest BCUT2D eigenvalue weighted by molar-refractivity contribution is 6.33. The first-order valence-electron chi connectivity index (χ1n) is 5.42. The minimum absolute atomic E-state index is 0.561. The first-order valence-corrected chi connectivity index (χ1v) is 5.80. The third kappa shape index (κ3) is 1.78. The maximum atomic E-state index is 6.09. The standard InChI is InChI=1S/C12H10ClN5/c1-14-10-3-2-9-12(17-10)18-11(16-9)7-4-5-15-6-8(7)13/h2-6H,1H3,(H2,14,16,17,18). The molecule has 0 aromatic carbocycles. The molecule has 6 heteroatoms. The summed E-state index contributed by atoms with van der Waals surface area (Å²) in [5, 5.41) is 3.54. The van der Waals surface area contributed by atoms with E-state index in [9.17, 15) is 0 Å². The van der Waals surface area contributed by atoms with Crippen molar-refractivity contribution in [3.63, 3.8) is 0 Å². The van der Waals surface area contributed by atoms with E-state index >= 15 is 0 Å². The normalized spacial score (nSPS) is 10.8. The second-order valence-corrected chi connectivity index (χ2v) is 4.17. The molecule has 0 fully saturated rings. The Balaban J connectivity index is 2.17. The van der Waals surface area contributed by atoms with Crippen LogP contribution in [0.5, 0.6) is 0 Å². The first kappa shape index (κ1) is 11.0. The van der Waals surface area contributed by atoms with Gasteiger partial charge in [-0.3, -0.25) is 4.98 Å². The number of nitrogens with one attached hydrogen (secondary N) is 2. The fourth-order valence-corrected chi connectivity index (χ4v) is 1.94. The molecule has 3 rings (SSSR count). The predicted molar refractivity (Wildman–Crippen MR) is 71.7 cm³/mol. The molecular formula is C12H10ClN5. The highest BCUT2D eigenvalue weighted by Crippen LogP contribution is 2.26. The fraction of sp³-hybridized carbons (Fsp3) is 0.0833. The SMILES string of the molecule is CNc1ccc2[nH]c(-c3ccncc3Cl)nc2n1. The molecule has 18 heavy (non-hydrogen) atoms. The van der Waals surface area contributed by atoms with Crippen molar-refractivity contribution < 1.29 is 0 Å². The van der Waals surface area contributed by atoms with E-state index in [2.05, 4.69) is 25.3 Å². The number of aromatic amines is 1. The van der Waals surface area contributed by atoms with Gasteiger partial charge in [-0.25, -0.2) is 9.97 Å². The molecular weight excluding hydrogens is 250 g/mol. The lowest BCUT2D eigenvalue weighted by Crippen LogP contribution is -1.91. The lowest BCUT2D eigenvalue weighted by atomic mass is 10.2. The largest absolute Gasteiger partial charge is 0.373 e. The molecule has 2 N–H and O–H groups in total. The van der Waals surface area contributed by atoms with Crippen molar-refractivity contribution in [3.05, 3.63) is 35.6 Å². The lowest BCUT2D eigenvalue weighted by molar-refractivity contribution is 1.27. The minimum Gasteiger partial charge on any atom is -0.373 e. The van der Waals surface area contributed by atoms with E-state index in [1.807, 2.05) is 25.2 Å². The van der Waals surface area contributed by atoms with Gasteiger partial charge in [-0.1, -0.05) is 11.6 Å². The molecule has 0 atom stereocenters. The number of fused-ring (bicyclic) bond motifs is 1. The molecule has 0 aliphatic heterocycles. The second kappa shape index (κ2) is 4.27. The molecule has 5 nitrogen and oxygen atoms in total. The number of nitrogens with zero attached hydrogens (tertiary/aromatic N) is 3. The van der Waals surface area contributed by atoms with Crippen LogP contribution in [0.1, 0.15) is 0 Å². The Morgan fingerprint density at radius 3 is 2.89 bits per heavy atom. The minimum atomic E-state index is 0.561. The Bertz CT molecular complexity index is 707. The van der Waals surface area contributed by atoms with Gasteiger partial charge in [-0.2, -0.15) is 0 Å². The Kier molecular flexibility index (Phi) is 2.60. The Morgan fingerprint density at radius 2 is 2.11 bits per heavy atom. The van der Waals surface area contributed by atoms with Crippen molar-refractivity contribution in [1.29, 1.82) is 0 Å². The summed E-state index contributed by atoms with van der Waals surface area (Å²) in [6, 6.07) is 5.64. The molecule has 0 radical (unpaired) electrons. The Hall–Kier alpha value is -2.14. The van der Waals surface area contributed by atoms with Crippen molar-refractivity contribution in [1.82, 2.24) is 19.9 Å². The average Bonchev–Trinajstić information content (AvgIpc) is 2.81. The number of pyridine rings is 2. The molecule has 0 saturated carbocycles. The van der Waals surface area contributed by atoms with Crippen LogP contribution in [0.25, 0.3) is 22.6 Å². The number of H-pyrrole nitrogens is 1. The van der Waals surface area contributed by atoms with Crippen LogP contribution in [0.15, 0.2) is 30.6 Å². The summed E-state index contributed by atoms with van der Waals surface area (Å²) in [5.41, 5.74) is 2.34. The van der Waals surface area contributed by atoms with Crippen LogP contribution in [0.2, 0.25) is 5.02 Å². The van der Waals surface area contributed by atoms with Gasteiger partial charge in [0.15, 0.2) is 5.65 Å². The van der Waals surface area contributed by atoms with Gasteiger partial charge in [0.1, 0.15) is 11.6 Å². The monoisotopic (exact) mass is 259 g/mol. The fourth-order valence-electron chi connectivity index (χ4n) is 1.73. The van der Waals surface area contributed by atoms with Crippen LogP contribution in [-0.2, 0) is 0 Å². The summed E-state index contributed by atoms with van der Waals surface area (Å²) in [6.45, 7) is 0. The van der Waals surface area contributed by atoms with Gasteiger partial charge < -0.3 is 10.3 Å². The molecule has 90 valence electrons. The first-order chi connectivity index (χ1) is 8.78. The number of hydrogen-bond acceptors (Lipinski definition) is 4. The van der Waals surface area contributed by atoms with E-state index in [0.29, 0.717) is 16.5 Å². The van der Waals surface area contributed by atoms with E-state index in [4.69, 9.17) is 11.6 Å². The van der Waals surface area contributed by atoms with Crippen molar-refractivity contribution in [2.75, 3.05) is 12.4 Å². The molecule has 0 unspecified atom stereocenters. The number of halogens is 1. The molecule has 3 aromatic heterocycles. The van der Waals surface area contributed by atoms with Crippen molar-refractivity contribution >= 4 is 28.6 Å². The smallest absolute Gasteiger partial charge is 0.180 e. The number of hydrogen-bond donors (Lipinski definition) is 2. The Labute approximate surface area is 108 Å². The average molecular weight is 260 g/mol. The Morgan fingerprint density at radius 1 is 1.22 bits per heavy atom. The maximum absolute atomic E-state index is 6.09. The van der Waals surface area contributed by atoms with Gasteiger partial charge in [-0.05, 0) is 18.2 Å².